The SMILES string of the molecule is O=S(OCC(F)(F)C(F)(F)C(F)(F)C(F)F)C1C2CC3CC(C2)CC1C3. The summed E-state index contributed by atoms with van der Waals surface area (Å²) in [6.07, 6.45) is -0.893. The van der Waals surface area contributed by atoms with E-state index >= 15 is 0 Å². The zero-order valence-electron chi connectivity index (χ0n) is 13.5. The van der Waals surface area contributed by atoms with Gasteiger partial charge < -0.3 is 0 Å². The second-order valence-corrected chi connectivity index (χ2v) is 8.92. The van der Waals surface area contributed by atoms with Crippen LogP contribution in [0.15, 0.2) is 0 Å². The first-order chi connectivity index (χ1) is 11.9. The highest BCUT2D eigenvalue weighted by Gasteiger charge is 2.75. The Morgan fingerprint density at radius 2 is 1.35 bits per heavy atom. The lowest BCUT2D eigenvalue weighted by molar-refractivity contribution is -0.342. The van der Waals surface area contributed by atoms with Crippen LogP contribution in [0.2, 0.25) is 0 Å². The number of alkyl halides is 8. The van der Waals surface area contributed by atoms with Crippen LogP contribution in [0, 0.1) is 23.7 Å². The Balaban J connectivity index is 1.65. The third-order valence-electron chi connectivity index (χ3n) is 5.87. The maximum Gasteiger partial charge on any atom is 0.380 e. The first-order valence-corrected chi connectivity index (χ1v) is 9.46. The van der Waals surface area contributed by atoms with Gasteiger partial charge in [0.2, 0.25) is 0 Å². The average molecular weight is 414 g/mol. The molecule has 0 aromatic heterocycles. The Bertz CT molecular complexity index is 540. The minimum atomic E-state index is -6.33. The summed E-state index contributed by atoms with van der Waals surface area (Å²) in [6, 6.07) is 0. The maximum atomic E-state index is 13.5. The van der Waals surface area contributed by atoms with E-state index in [4.69, 9.17) is 0 Å². The largest absolute Gasteiger partial charge is 0.380 e. The van der Waals surface area contributed by atoms with E-state index in [9.17, 15) is 39.3 Å². The predicted molar refractivity (Wildman–Crippen MR) is 75.8 cm³/mol. The molecule has 1 atom stereocenters. The van der Waals surface area contributed by atoms with Gasteiger partial charge in [0.25, 0.3) is 0 Å². The summed E-state index contributed by atoms with van der Waals surface area (Å²) in [5.74, 6) is -17.3. The van der Waals surface area contributed by atoms with Gasteiger partial charge in [-0.05, 0) is 55.8 Å². The number of hydrogen-bond acceptors (Lipinski definition) is 2. The van der Waals surface area contributed by atoms with Crippen molar-refractivity contribution in [1.29, 1.82) is 0 Å². The van der Waals surface area contributed by atoms with Crippen LogP contribution in [-0.4, -0.2) is 40.3 Å². The fourth-order valence-corrected chi connectivity index (χ4v) is 6.37. The van der Waals surface area contributed by atoms with E-state index in [0.717, 1.165) is 32.1 Å². The molecule has 0 aromatic rings. The average Bonchev–Trinajstić information content (AvgIpc) is 2.51. The minimum Gasteiger partial charge on any atom is -0.284 e. The molecular formula is C15H18F8O2S. The van der Waals surface area contributed by atoms with E-state index in [1.807, 2.05) is 0 Å². The third kappa shape index (κ3) is 3.16. The minimum absolute atomic E-state index is 0.0382. The molecule has 4 fully saturated rings. The fraction of sp³-hybridized carbons (Fsp3) is 1.00. The van der Waals surface area contributed by atoms with E-state index in [-0.39, 0.29) is 11.8 Å². The molecule has 152 valence electrons. The lowest BCUT2D eigenvalue weighted by Crippen LogP contribution is -2.59. The Morgan fingerprint density at radius 3 is 1.77 bits per heavy atom. The van der Waals surface area contributed by atoms with Crippen LogP contribution >= 0.6 is 0 Å². The van der Waals surface area contributed by atoms with Crippen LogP contribution in [0.3, 0.4) is 0 Å². The van der Waals surface area contributed by atoms with Crippen LogP contribution in [0.5, 0.6) is 0 Å². The van der Waals surface area contributed by atoms with E-state index in [1.165, 1.54) is 0 Å². The molecule has 2 nitrogen and oxygen atoms in total. The Labute approximate surface area is 147 Å². The molecule has 4 saturated carbocycles. The molecule has 11 heteroatoms. The second kappa shape index (κ2) is 6.56. The number of halogens is 8. The quantitative estimate of drug-likeness (QED) is 0.567. The molecule has 0 aliphatic heterocycles. The summed E-state index contributed by atoms with van der Waals surface area (Å²) in [4.78, 5) is 0. The van der Waals surface area contributed by atoms with Crippen LogP contribution in [0.4, 0.5) is 35.1 Å². The predicted octanol–water partition coefficient (Wildman–Crippen LogP) is 4.66. The molecule has 0 N–H and O–H groups in total. The summed E-state index contributed by atoms with van der Waals surface area (Å²) < 4.78 is 120. The van der Waals surface area contributed by atoms with Crippen molar-refractivity contribution >= 4 is 11.1 Å². The molecule has 0 radical (unpaired) electrons. The summed E-state index contributed by atoms with van der Waals surface area (Å²) >= 11 is -2.37. The van der Waals surface area contributed by atoms with Gasteiger partial charge in [-0.3, -0.25) is 4.18 Å². The zero-order valence-corrected chi connectivity index (χ0v) is 14.3. The van der Waals surface area contributed by atoms with Gasteiger partial charge in [0.15, 0.2) is 11.1 Å². The van der Waals surface area contributed by atoms with Crippen LogP contribution in [0.1, 0.15) is 32.1 Å². The standard InChI is InChI=1S/C15H18F8O2S/c16-12(17)14(20,21)15(22,23)13(18,19)6-25-26(24)11-9-2-7-1-8(4-9)5-10(11)3-7/h7-12H,1-6H2. The fourth-order valence-electron chi connectivity index (χ4n) is 4.87. The van der Waals surface area contributed by atoms with Crippen molar-refractivity contribution in [2.24, 2.45) is 23.7 Å². The maximum absolute atomic E-state index is 13.5. The van der Waals surface area contributed by atoms with Crippen molar-refractivity contribution in [3.05, 3.63) is 0 Å². The lowest BCUT2D eigenvalue weighted by Gasteiger charge is -2.53. The molecule has 4 aliphatic rings. The molecule has 0 aromatic carbocycles. The summed E-state index contributed by atoms with van der Waals surface area (Å²) in [5, 5.41) is -0.608. The van der Waals surface area contributed by atoms with E-state index in [2.05, 4.69) is 4.18 Å². The number of rotatable bonds is 7. The van der Waals surface area contributed by atoms with Gasteiger partial charge in [-0.1, -0.05) is 0 Å². The highest BCUT2D eigenvalue weighted by atomic mass is 32.2. The van der Waals surface area contributed by atoms with E-state index in [1.54, 1.807) is 0 Å². The summed E-state index contributed by atoms with van der Waals surface area (Å²) in [5.41, 5.74) is 0. The number of hydrogen-bond donors (Lipinski definition) is 0. The molecule has 4 rings (SSSR count). The first-order valence-electron chi connectivity index (χ1n) is 8.32. The Morgan fingerprint density at radius 1 is 0.885 bits per heavy atom. The van der Waals surface area contributed by atoms with Gasteiger partial charge in [-0.2, -0.15) is 26.3 Å². The topological polar surface area (TPSA) is 26.3 Å². The molecular weight excluding hydrogens is 396 g/mol. The van der Waals surface area contributed by atoms with Gasteiger partial charge in [0.05, 0.1) is 5.25 Å². The van der Waals surface area contributed by atoms with Crippen molar-refractivity contribution < 1.29 is 43.5 Å². The first kappa shape index (κ1) is 20.3. The van der Waals surface area contributed by atoms with Crippen LogP contribution < -0.4 is 0 Å². The van der Waals surface area contributed by atoms with Crippen LogP contribution in [-0.2, 0) is 15.3 Å². The molecule has 0 amide bonds. The molecule has 0 heterocycles. The Hall–Kier alpha value is -0.450. The normalized spacial score (nSPS) is 36.0. The summed E-state index contributed by atoms with van der Waals surface area (Å²) in [7, 11) is 0. The second-order valence-electron chi connectivity index (χ2n) is 7.62. The van der Waals surface area contributed by atoms with Crippen LogP contribution in [0.25, 0.3) is 0 Å². The third-order valence-corrected chi connectivity index (χ3v) is 7.44. The van der Waals surface area contributed by atoms with Crippen molar-refractivity contribution in [3.63, 3.8) is 0 Å². The van der Waals surface area contributed by atoms with E-state index < -0.39 is 47.1 Å². The van der Waals surface area contributed by atoms with Gasteiger partial charge in [-0.25, -0.2) is 13.0 Å². The smallest absolute Gasteiger partial charge is 0.284 e. The molecule has 0 saturated heterocycles. The molecule has 26 heavy (non-hydrogen) atoms. The lowest BCUT2D eigenvalue weighted by atomic mass is 9.56. The molecule has 4 aliphatic carbocycles. The monoisotopic (exact) mass is 414 g/mol. The highest BCUT2D eigenvalue weighted by molar-refractivity contribution is 7.80. The van der Waals surface area contributed by atoms with Crippen molar-refractivity contribution in [2.75, 3.05) is 6.61 Å². The summed E-state index contributed by atoms with van der Waals surface area (Å²) in [6.45, 7) is -2.31. The molecule has 1 unspecified atom stereocenters. The molecule has 0 spiro atoms. The van der Waals surface area contributed by atoms with Gasteiger partial charge in [0.1, 0.15) is 6.61 Å². The zero-order chi connectivity index (χ0) is 19.5. The van der Waals surface area contributed by atoms with Gasteiger partial charge >= 0.3 is 24.2 Å². The van der Waals surface area contributed by atoms with Crippen molar-refractivity contribution in [2.45, 2.75) is 61.5 Å². The Kier molecular flexibility index (Phi) is 5.12. The van der Waals surface area contributed by atoms with E-state index in [0.29, 0.717) is 11.8 Å². The molecule has 4 bridgehead atoms. The highest BCUT2D eigenvalue weighted by Crippen LogP contribution is 2.55. The van der Waals surface area contributed by atoms with Gasteiger partial charge in [-0.15, -0.1) is 0 Å². The van der Waals surface area contributed by atoms with Gasteiger partial charge in [0, 0.05) is 0 Å². The van der Waals surface area contributed by atoms with Crippen molar-refractivity contribution in [1.82, 2.24) is 0 Å². The van der Waals surface area contributed by atoms with Crippen molar-refractivity contribution in [3.8, 4) is 0 Å².